The monoisotopic (exact) mass is 469 g/mol. The number of halogens is 1. The van der Waals surface area contributed by atoms with Gasteiger partial charge in [0, 0.05) is 22.6 Å². The zero-order valence-electron chi connectivity index (χ0n) is 14.7. The van der Waals surface area contributed by atoms with E-state index in [-0.39, 0.29) is 24.0 Å². The Kier molecular flexibility index (Phi) is 7.24. The van der Waals surface area contributed by atoms with Crippen LogP contribution >= 0.6 is 35.3 Å². The number of guanidine groups is 1. The summed E-state index contributed by atoms with van der Waals surface area (Å²) in [5, 5.41) is 8.94. The number of hydrogen-bond donors (Lipinski definition) is 3. The number of nitrogens with one attached hydrogen (secondary N) is 3. The van der Waals surface area contributed by atoms with Crippen LogP contribution in [0.2, 0.25) is 0 Å². The molecule has 0 saturated heterocycles. The molecule has 0 atom stereocenters. The Morgan fingerprint density at radius 2 is 2.04 bits per heavy atom. The first kappa shape index (κ1) is 19.7. The van der Waals surface area contributed by atoms with Gasteiger partial charge in [-0.15, -0.1) is 35.3 Å². The van der Waals surface area contributed by atoms with Crippen molar-refractivity contribution in [2.24, 2.45) is 4.99 Å². The Balaban J connectivity index is 0.00000225. The summed E-state index contributed by atoms with van der Waals surface area (Å²) in [4.78, 5) is 13.9. The number of para-hydroxylation sites is 1. The highest BCUT2D eigenvalue weighted by Gasteiger charge is 2.05. The molecule has 0 aliphatic rings. The fourth-order valence-corrected chi connectivity index (χ4v) is 3.37. The van der Waals surface area contributed by atoms with Gasteiger partial charge in [-0.2, -0.15) is 0 Å². The number of thiazole rings is 1. The molecule has 25 heavy (non-hydrogen) atoms. The standard InChI is InChI=1S/C18H23N5S.HI/c1-4-19-18(21-11-17-22-12(2)13(3)24-17)20-10-15-9-14-7-5-6-8-16(14)23-15;/h5-9,23H,4,10-11H2,1-3H3,(H2,19,20,21);1H. The number of hydrogen-bond acceptors (Lipinski definition) is 3. The largest absolute Gasteiger partial charge is 0.357 e. The molecule has 2 heterocycles. The van der Waals surface area contributed by atoms with Crippen molar-refractivity contribution in [1.29, 1.82) is 0 Å². The lowest BCUT2D eigenvalue weighted by Gasteiger charge is -2.09. The normalized spacial score (nSPS) is 11.4. The maximum absolute atomic E-state index is 4.66. The second kappa shape index (κ2) is 9.19. The minimum absolute atomic E-state index is 0. The number of rotatable bonds is 5. The molecule has 0 amide bonds. The highest BCUT2D eigenvalue weighted by atomic mass is 127. The van der Waals surface area contributed by atoms with Gasteiger partial charge >= 0.3 is 0 Å². The third-order valence-electron chi connectivity index (χ3n) is 3.82. The van der Waals surface area contributed by atoms with Crippen LogP contribution in [0.15, 0.2) is 35.3 Å². The smallest absolute Gasteiger partial charge is 0.191 e. The first-order chi connectivity index (χ1) is 11.7. The fraction of sp³-hybridized carbons (Fsp3) is 0.333. The van der Waals surface area contributed by atoms with Gasteiger partial charge in [0.1, 0.15) is 5.01 Å². The zero-order valence-corrected chi connectivity index (χ0v) is 17.9. The van der Waals surface area contributed by atoms with Crippen LogP contribution in [0.1, 0.15) is 28.2 Å². The summed E-state index contributed by atoms with van der Waals surface area (Å²) in [5.74, 6) is 0.807. The van der Waals surface area contributed by atoms with E-state index in [2.05, 4.69) is 57.6 Å². The highest BCUT2D eigenvalue weighted by molar-refractivity contribution is 14.0. The van der Waals surface area contributed by atoms with Crippen molar-refractivity contribution in [2.45, 2.75) is 33.9 Å². The molecule has 0 fully saturated rings. The molecule has 0 saturated carbocycles. The van der Waals surface area contributed by atoms with Gasteiger partial charge in [0.05, 0.1) is 18.8 Å². The molecule has 0 spiro atoms. The predicted octanol–water partition coefficient (Wildman–Crippen LogP) is 4.11. The number of aromatic amines is 1. The van der Waals surface area contributed by atoms with Crippen molar-refractivity contribution in [2.75, 3.05) is 6.54 Å². The van der Waals surface area contributed by atoms with Gasteiger partial charge in [-0.05, 0) is 38.3 Å². The molecule has 0 aliphatic heterocycles. The summed E-state index contributed by atoms with van der Waals surface area (Å²) in [6.07, 6.45) is 0. The minimum atomic E-state index is 0. The molecule has 2 aromatic heterocycles. The molecule has 7 heteroatoms. The van der Waals surface area contributed by atoms with Crippen LogP contribution in [0.3, 0.4) is 0 Å². The third-order valence-corrected chi connectivity index (χ3v) is 4.89. The Hall–Kier alpha value is -1.61. The minimum Gasteiger partial charge on any atom is -0.357 e. The molecule has 0 aliphatic carbocycles. The van der Waals surface area contributed by atoms with E-state index in [0.29, 0.717) is 13.1 Å². The molecule has 0 bridgehead atoms. The van der Waals surface area contributed by atoms with E-state index in [1.54, 1.807) is 11.3 Å². The van der Waals surface area contributed by atoms with Gasteiger partial charge in [0.15, 0.2) is 5.96 Å². The van der Waals surface area contributed by atoms with Crippen LogP contribution in [0.5, 0.6) is 0 Å². The van der Waals surface area contributed by atoms with E-state index < -0.39 is 0 Å². The lowest BCUT2D eigenvalue weighted by atomic mass is 10.2. The summed E-state index contributed by atoms with van der Waals surface area (Å²) in [7, 11) is 0. The molecule has 1 aromatic carbocycles. The van der Waals surface area contributed by atoms with Gasteiger partial charge in [-0.1, -0.05) is 18.2 Å². The molecule has 134 valence electrons. The number of aliphatic imine (C=N–C) groups is 1. The Bertz CT molecular complexity index is 800. The van der Waals surface area contributed by atoms with E-state index in [9.17, 15) is 0 Å². The summed E-state index contributed by atoms with van der Waals surface area (Å²) in [6.45, 7) is 8.35. The summed E-state index contributed by atoms with van der Waals surface area (Å²) in [6, 6.07) is 10.4. The fourth-order valence-electron chi connectivity index (χ4n) is 2.50. The van der Waals surface area contributed by atoms with Crippen molar-refractivity contribution in [3.8, 4) is 0 Å². The van der Waals surface area contributed by atoms with E-state index in [1.807, 2.05) is 19.1 Å². The third kappa shape index (κ3) is 5.18. The van der Waals surface area contributed by atoms with E-state index in [4.69, 9.17) is 0 Å². The van der Waals surface area contributed by atoms with E-state index >= 15 is 0 Å². The van der Waals surface area contributed by atoms with Crippen LogP contribution in [0.25, 0.3) is 10.9 Å². The predicted molar refractivity (Wildman–Crippen MR) is 117 cm³/mol. The van der Waals surface area contributed by atoms with Gasteiger partial charge in [0.2, 0.25) is 0 Å². The van der Waals surface area contributed by atoms with Crippen LogP contribution in [-0.4, -0.2) is 22.5 Å². The maximum Gasteiger partial charge on any atom is 0.191 e. The van der Waals surface area contributed by atoms with Gasteiger partial charge in [-0.3, -0.25) is 0 Å². The number of nitrogens with zero attached hydrogens (tertiary/aromatic N) is 2. The van der Waals surface area contributed by atoms with Crippen molar-refractivity contribution in [1.82, 2.24) is 20.6 Å². The SMILES string of the molecule is CCNC(=NCc1cc2ccccc2[nH]1)NCc1nc(C)c(C)s1.I. The average molecular weight is 469 g/mol. The number of benzene rings is 1. The van der Waals surface area contributed by atoms with E-state index in [0.717, 1.165) is 34.4 Å². The van der Waals surface area contributed by atoms with E-state index in [1.165, 1.54) is 10.3 Å². The molecular weight excluding hydrogens is 445 g/mol. The Labute approximate surface area is 169 Å². The van der Waals surface area contributed by atoms with Crippen LogP contribution in [0, 0.1) is 13.8 Å². The molecule has 0 unspecified atom stereocenters. The zero-order chi connectivity index (χ0) is 16.9. The van der Waals surface area contributed by atoms with Crippen molar-refractivity contribution in [3.63, 3.8) is 0 Å². The van der Waals surface area contributed by atoms with Crippen LogP contribution in [0.4, 0.5) is 0 Å². The number of H-pyrrole nitrogens is 1. The molecule has 0 radical (unpaired) electrons. The molecule has 3 aromatic rings. The van der Waals surface area contributed by atoms with Gasteiger partial charge < -0.3 is 15.6 Å². The Morgan fingerprint density at radius 3 is 2.72 bits per heavy atom. The summed E-state index contributed by atoms with van der Waals surface area (Å²) in [5.41, 5.74) is 3.36. The topological polar surface area (TPSA) is 65.1 Å². The van der Waals surface area contributed by atoms with Gasteiger partial charge in [0.25, 0.3) is 0 Å². The first-order valence-corrected chi connectivity index (χ1v) is 8.99. The second-order valence-electron chi connectivity index (χ2n) is 5.68. The maximum atomic E-state index is 4.66. The molecule has 3 N–H and O–H groups in total. The van der Waals surface area contributed by atoms with Crippen LogP contribution in [-0.2, 0) is 13.1 Å². The molecule has 3 rings (SSSR count). The van der Waals surface area contributed by atoms with Crippen molar-refractivity contribution < 1.29 is 0 Å². The van der Waals surface area contributed by atoms with Crippen LogP contribution < -0.4 is 10.6 Å². The lowest BCUT2D eigenvalue weighted by Crippen LogP contribution is -2.36. The van der Waals surface area contributed by atoms with Crippen molar-refractivity contribution in [3.05, 3.63) is 51.6 Å². The summed E-state index contributed by atoms with van der Waals surface area (Å²) < 4.78 is 0. The lowest BCUT2D eigenvalue weighted by molar-refractivity contribution is 0.807. The molecule has 5 nitrogen and oxygen atoms in total. The molecular formula is C18H24IN5S. The number of fused-ring (bicyclic) bond motifs is 1. The summed E-state index contributed by atoms with van der Waals surface area (Å²) >= 11 is 1.73. The van der Waals surface area contributed by atoms with Gasteiger partial charge in [-0.25, -0.2) is 9.98 Å². The Morgan fingerprint density at radius 1 is 1.24 bits per heavy atom. The second-order valence-corrected chi connectivity index (χ2v) is 6.97. The number of aromatic nitrogens is 2. The quantitative estimate of drug-likeness (QED) is 0.299. The number of aryl methyl sites for hydroxylation is 2. The average Bonchev–Trinajstić information content (AvgIpc) is 3.13. The highest BCUT2D eigenvalue weighted by Crippen LogP contribution is 2.16. The van der Waals surface area contributed by atoms with Crippen molar-refractivity contribution >= 4 is 52.2 Å². The first-order valence-electron chi connectivity index (χ1n) is 8.17.